The van der Waals surface area contributed by atoms with E-state index in [2.05, 4.69) is 0 Å². The van der Waals surface area contributed by atoms with Crippen LogP contribution >= 0.6 is 0 Å². The molecule has 94 valence electrons. The summed E-state index contributed by atoms with van der Waals surface area (Å²) in [5.74, 6) is 0.281. The van der Waals surface area contributed by atoms with Crippen LogP contribution in [0.25, 0.3) is 10.9 Å². The summed E-state index contributed by atoms with van der Waals surface area (Å²) >= 11 is 0. The largest absolute Gasteiger partial charge is 0.398 e. The highest BCUT2D eigenvalue weighted by molar-refractivity contribution is 5.92. The van der Waals surface area contributed by atoms with Gasteiger partial charge in [0.1, 0.15) is 5.82 Å². The van der Waals surface area contributed by atoms with Crippen LogP contribution in [0.2, 0.25) is 0 Å². The number of halogens is 1. The summed E-state index contributed by atoms with van der Waals surface area (Å²) in [5.41, 5.74) is 9.48. The molecule has 3 rings (SSSR count). The van der Waals surface area contributed by atoms with Gasteiger partial charge in [0.15, 0.2) is 0 Å². The number of aryl methyl sites for hydroxylation is 1. The highest BCUT2D eigenvalue weighted by Crippen LogP contribution is 2.35. The number of pyridine rings is 1. The molecular formula is C15H17FN2. The van der Waals surface area contributed by atoms with E-state index in [1.54, 1.807) is 0 Å². The molecule has 0 amide bonds. The Balaban J connectivity index is 2.20. The Hall–Kier alpha value is -1.64. The van der Waals surface area contributed by atoms with Crippen LogP contribution in [0, 0.1) is 12.7 Å². The molecule has 1 fully saturated rings. The van der Waals surface area contributed by atoms with Gasteiger partial charge < -0.3 is 5.73 Å². The molecule has 1 aromatic heterocycles. The third-order valence-corrected chi connectivity index (χ3v) is 3.89. The first kappa shape index (κ1) is 11.5. The van der Waals surface area contributed by atoms with Crippen molar-refractivity contribution in [1.29, 1.82) is 0 Å². The maximum Gasteiger partial charge on any atom is 0.124 e. The van der Waals surface area contributed by atoms with E-state index < -0.39 is 0 Å². The molecule has 0 bridgehead atoms. The number of nitrogens with two attached hydrogens (primary N) is 1. The zero-order chi connectivity index (χ0) is 12.7. The maximum absolute atomic E-state index is 13.4. The van der Waals surface area contributed by atoms with Crippen LogP contribution in [0.15, 0.2) is 18.2 Å². The molecule has 0 atom stereocenters. The highest BCUT2D eigenvalue weighted by atomic mass is 19.1. The summed E-state index contributed by atoms with van der Waals surface area (Å²) < 4.78 is 13.4. The predicted octanol–water partition coefficient (Wildman–Crippen LogP) is 3.92. The van der Waals surface area contributed by atoms with E-state index in [-0.39, 0.29) is 5.82 Å². The Bertz CT molecular complexity index is 601. The minimum atomic E-state index is -0.248. The molecule has 0 spiro atoms. The number of aromatic nitrogens is 1. The Labute approximate surface area is 106 Å². The second-order valence-electron chi connectivity index (χ2n) is 5.24. The van der Waals surface area contributed by atoms with Crippen molar-refractivity contribution >= 4 is 16.6 Å². The molecule has 18 heavy (non-hydrogen) atoms. The molecule has 0 unspecified atom stereocenters. The van der Waals surface area contributed by atoms with Crippen LogP contribution in [0.4, 0.5) is 10.1 Å². The van der Waals surface area contributed by atoms with Gasteiger partial charge in [-0.25, -0.2) is 4.39 Å². The standard InChI is InChI=1S/C15H17FN2/c1-9-6-11(16)7-12-13(17)8-14(18-15(9)12)10-4-2-3-5-10/h6-8,10H,2-5H2,1H3,(H2,17,18). The highest BCUT2D eigenvalue weighted by Gasteiger charge is 2.20. The number of fused-ring (bicyclic) bond motifs is 1. The summed E-state index contributed by atoms with van der Waals surface area (Å²) in [6.07, 6.45) is 4.93. The fourth-order valence-electron chi connectivity index (χ4n) is 2.93. The SMILES string of the molecule is Cc1cc(F)cc2c(N)cc(C3CCCC3)nc12. The van der Waals surface area contributed by atoms with Crippen LogP contribution in [0.1, 0.15) is 42.9 Å². The molecule has 3 heteroatoms. The average molecular weight is 244 g/mol. The fraction of sp³-hybridized carbons (Fsp3) is 0.400. The summed E-state index contributed by atoms with van der Waals surface area (Å²) in [6, 6.07) is 4.92. The van der Waals surface area contributed by atoms with Crippen molar-refractivity contribution in [1.82, 2.24) is 4.98 Å². The van der Waals surface area contributed by atoms with Crippen molar-refractivity contribution in [3.63, 3.8) is 0 Å². The minimum Gasteiger partial charge on any atom is -0.398 e. The predicted molar refractivity (Wildman–Crippen MR) is 72.1 cm³/mol. The summed E-state index contributed by atoms with van der Waals surface area (Å²) in [5, 5.41) is 0.731. The van der Waals surface area contributed by atoms with Crippen LogP contribution < -0.4 is 5.73 Å². The first-order valence-corrected chi connectivity index (χ1v) is 6.51. The number of nitrogens with zero attached hydrogens (tertiary/aromatic N) is 1. The average Bonchev–Trinajstić information content (AvgIpc) is 2.83. The number of benzene rings is 1. The topological polar surface area (TPSA) is 38.9 Å². The zero-order valence-electron chi connectivity index (χ0n) is 10.5. The van der Waals surface area contributed by atoms with Crippen LogP contribution in [-0.4, -0.2) is 4.98 Å². The number of hydrogen-bond donors (Lipinski definition) is 1. The fourth-order valence-corrected chi connectivity index (χ4v) is 2.93. The van der Waals surface area contributed by atoms with E-state index in [1.807, 2.05) is 13.0 Å². The molecule has 2 nitrogen and oxygen atoms in total. The van der Waals surface area contributed by atoms with Gasteiger partial charge in [-0.3, -0.25) is 4.98 Å². The van der Waals surface area contributed by atoms with Gasteiger partial charge in [0, 0.05) is 22.7 Å². The quantitative estimate of drug-likeness (QED) is 0.825. The van der Waals surface area contributed by atoms with Crippen molar-refractivity contribution in [3.05, 3.63) is 35.3 Å². The molecule has 0 saturated heterocycles. The molecule has 2 N–H and O–H groups in total. The number of nitrogen functional groups attached to an aromatic ring is 1. The molecule has 0 radical (unpaired) electrons. The van der Waals surface area contributed by atoms with E-state index in [1.165, 1.54) is 37.8 Å². The Morgan fingerprint density at radius 2 is 1.94 bits per heavy atom. The van der Waals surface area contributed by atoms with Gasteiger partial charge in [-0.05, 0) is 43.5 Å². The number of anilines is 1. The number of rotatable bonds is 1. The lowest BCUT2D eigenvalue weighted by Gasteiger charge is -2.13. The van der Waals surface area contributed by atoms with Crippen LogP contribution in [0.3, 0.4) is 0 Å². The lowest BCUT2D eigenvalue weighted by Crippen LogP contribution is -2.01. The van der Waals surface area contributed by atoms with E-state index in [9.17, 15) is 4.39 Å². The first-order chi connectivity index (χ1) is 8.65. The summed E-state index contributed by atoms with van der Waals surface area (Å²) in [7, 11) is 0. The van der Waals surface area contributed by atoms with Crippen molar-refractivity contribution in [2.45, 2.75) is 38.5 Å². The third-order valence-electron chi connectivity index (χ3n) is 3.89. The Morgan fingerprint density at radius 1 is 1.22 bits per heavy atom. The number of hydrogen-bond acceptors (Lipinski definition) is 2. The van der Waals surface area contributed by atoms with Gasteiger partial charge in [-0.1, -0.05) is 12.8 Å². The van der Waals surface area contributed by atoms with E-state index in [0.29, 0.717) is 11.6 Å². The van der Waals surface area contributed by atoms with Gasteiger partial charge in [0.2, 0.25) is 0 Å². The molecule has 1 aliphatic carbocycles. The second-order valence-corrected chi connectivity index (χ2v) is 5.24. The van der Waals surface area contributed by atoms with E-state index in [0.717, 1.165) is 22.2 Å². The first-order valence-electron chi connectivity index (χ1n) is 6.51. The monoisotopic (exact) mass is 244 g/mol. The lowest BCUT2D eigenvalue weighted by molar-refractivity contribution is 0.628. The summed E-state index contributed by atoms with van der Waals surface area (Å²) in [4.78, 5) is 4.71. The molecule has 1 saturated carbocycles. The maximum atomic E-state index is 13.4. The molecule has 1 heterocycles. The van der Waals surface area contributed by atoms with E-state index >= 15 is 0 Å². The minimum absolute atomic E-state index is 0.248. The molecule has 2 aromatic rings. The Kier molecular flexibility index (Phi) is 2.69. The normalized spacial score (nSPS) is 16.6. The zero-order valence-corrected chi connectivity index (χ0v) is 10.5. The third kappa shape index (κ3) is 1.84. The molecule has 0 aliphatic heterocycles. The molecule has 1 aromatic carbocycles. The lowest BCUT2D eigenvalue weighted by atomic mass is 10.0. The second kappa shape index (κ2) is 4.23. The smallest absolute Gasteiger partial charge is 0.124 e. The van der Waals surface area contributed by atoms with Crippen molar-refractivity contribution < 1.29 is 4.39 Å². The summed E-state index contributed by atoms with van der Waals surface area (Å²) in [6.45, 7) is 1.89. The van der Waals surface area contributed by atoms with Crippen molar-refractivity contribution in [2.75, 3.05) is 5.73 Å². The van der Waals surface area contributed by atoms with Crippen LogP contribution in [0.5, 0.6) is 0 Å². The van der Waals surface area contributed by atoms with Crippen molar-refractivity contribution in [2.24, 2.45) is 0 Å². The molecular weight excluding hydrogens is 227 g/mol. The Morgan fingerprint density at radius 3 is 2.67 bits per heavy atom. The van der Waals surface area contributed by atoms with Gasteiger partial charge in [0.05, 0.1) is 5.52 Å². The molecule has 1 aliphatic rings. The van der Waals surface area contributed by atoms with Crippen molar-refractivity contribution in [3.8, 4) is 0 Å². The van der Waals surface area contributed by atoms with Gasteiger partial charge in [-0.2, -0.15) is 0 Å². The van der Waals surface area contributed by atoms with Crippen LogP contribution in [-0.2, 0) is 0 Å². The van der Waals surface area contributed by atoms with E-state index in [4.69, 9.17) is 10.7 Å². The van der Waals surface area contributed by atoms with Gasteiger partial charge >= 0.3 is 0 Å². The van der Waals surface area contributed by atoms with Gasteiger partial charge in [0.25, 0.3) is 0 Å². The van der Waals surface area contributed by atoms with Gasteiger partial charge in [-0.15, -0.1) is 0 Å².